The highest BCUT2D eigenvalue weighted by molar-refractivity contribution is 5.93. The molecule has 0 unspecified atom stereocenters. The zero-order valence-electron chi connectivity index (χ0n) is 11.3. The summed E-state index contributed by atoms with van der Waals surface area (Å²) < 4.78 is 5.28. The van der Waals surface area contributed by atoms with Crippen LogP contribution >= 0.6 is 0 Å². The SMILES string of the molecule is CCC1(O)CN(c2nccc3ccc(OC)cc23)C1. The van der Waals surface area contributed by atoms with Crippen molar-refractivity contribution >= 4 is 16.6 Å². The van der Waals surface area contributed by atoms with Gasteiger partial charge in [0.2, 0.25) is 0 Å². The van der Waals surface area contributed by atoms with E-state index in [9.17, 15) is 5.11 Å². The lowest BCUT2D eigenvalue weighted by molar-refractivity contribution is 0.00824. The van der Waals surface area contributed by atoms with Crippen LogP contribution in [0, 0.1) is 0 Å². The molecule has 1 saturated heterocycles. The van der Waals surface area contributed by atoms with Gasteiger partial charge in [-0.3, -0.25) is 0 Å². The number of hydrogen-bond donors (Lipinski definition) is 1. The maximum Gasteiger partial charge on any atom is 0.136 e. The van der Waals surface area contributed by atoms with Crippen LogP contribution < -0.4 is 9.64 Å². The Morgan fingerprint density at radius 2 is 2.16 bits per heavy atom. The van der Waals surface area contributed by atoms with Gasteiger partial charge in [-0.05, 0) is 30.0 Å². The Bertz CT molecular complexity index is 606. The second-order valence-electron chi connectivity index (χ2n) is 5.16. The Hall–Kier alpha value is -1.81. The Labute approximate surface area is 112 Å². The normalized spacial score (nSPS) is 17.3. The minimum Gasteiger partial charge on any atom is -0.497 e. The van der Waals surface area contributed by atoms with Gasteiger partial charge in [0, 0.05) is 24.7 Å². The van der Waals surface area contributed by atoms with E-state index in [0.29, 0.717) is 13.1 Å². The number of pyridine rings is 1. The lowest BCUT2D eigenvalue weighted by Crippen LogP contribution is -2.61. The molecule has 2 heterocycles. The van der Waals surface area contributed by atoms with Crippen molar-refractivity contribution in [3.8, 4) is 5.75 Å². The predicted molar refractivity (Wildman–Crippen MR) is 75.7 cm³/mol. The van der Waals surface area contributed by atoms with Gasteiger partial charge in [-0.25, -0.2) is 4.98 Å². The largest absolute Gasteiger partial charge is 0.497 e. The zero-order valence-corrected chi connectivity index (χ0v) is 11.3. The van der Waals surface area contributed by atoms with Crippen LogP contribution in [0.4, 0.5) is 5.82 Å². The molecule has 1 aromatic carbocycles. The minimum absolute atomic E-state index is 0.553. The van der Waals surface area contributed by atoms with Crippen molar-refractivity contribution in [3.05, 3.63) is 30.5 Å². The Morgan fingerprint density at radius 1 is 1.37 bits per heavy atom. The van der Waals surface area contributed by atoms with Crippen molar-refractivity contribution in [2.45, 2.75) is 18.9 Å². The fourth-order valence-electron chi connectivity index (χ4n) is 2.55. The standard InChI is InChI=1S/C15H18N2O2/c1-3-15(18)9-17(10-15)14-13-8-12(19-2)5-4-11(13)6-7-16-14/h4-8,18H,3,9-10H2,1-2H3. The van der Waals surface area contributed by atoms with E-state index in [0.717, 1.165) is 28.8 Å². The van der Waals surface area contributed by atoms with Crippen LogP contribution in [0.1, 0.15) is 13.3 Å². The number of fused-ring (bicyclic) bond motifs is 1. The quantitative estimate of drug-likeness (QED) is 0.916. The lowest BCUT2D eigenvalue weighted by atomic mass is 9.91. The highest BCUT2D eigenvalue weighted by atomic mass is 16.5. The zero-order chi connectivity index (χ0) is 13.5. The number of nitrogens with zero attached hydrogens (tertiary/aromatic N) is 2. The number of methoxy groups -OCH3 is 1. The van der Waals surface area contributed by atoms with Crippen molar-refractivity contribution in [3.63, 3.8) is 0 Å². The van der Waals surface area contributed by atoms with Crippen LogP contribution in [0.25, 0.3) is 10.8 Å². The summed E-state index contributed by atoms with van der Waals surface area (Å²) in [7, 11) is 1.66. The molecular formula is C15H18N2O2. The van der Waals surface area contributed by atoms with Crippen molar-refractivity contribution in [1.29, 1.82) is 0 Å². The summed E-state index contributed by atoms with van der Waals surface area (Å²) in [5.41, 5.74) is -0.553. The molecule has 0 saturated carbocycles. The van der Waals surface area contributed by atoms with Crippen molar-refractivity contribution in [2.24, 2.45) is 0 Å². The van der Waals surface area contributed by atoms with Gasteiger partial charge >= 0.3 is 0 Å². The summed E-state index contributed by atoms with van der Waals surface area (Å²) in [6.07, 6.45) is 2.59. The second kappa shape index (κ2) is 4.38. The van der Waals surface area contributed by atoms with Crippen LogP contribution in [0.2, 0.25) is 0 Å². The summed E-state index contributed by atoms with van der Waals surface area (Å²) in [4.78, 5) is 6.58. The summed E-state index contributed by atoms with van der Waals surface area (Å²) in [6.45, 7) is 3.30. The molecule has 0 atom stereocenters. The monoisotopic (exact) mass is 258 g/mol. The van der Waals surface area contributed by atoms with Gasteiger partial charge in [0.15, 0.2) is 0 Å². The number of hydrogen-bond acceptors (Lipinski definition) is 4. The second-order valence-corrected chi connectivity index (χ2v) is 5.16. The molecule has 1 aromatic heterocycles. The number of benzene rings is 1. The van der Waals surface area contributed by atoms with Crippen molar-refractivity contribution in [1.82, 2.24) is 4.98 Å². The van der Waals surface area contributed by atoms with Gasteiger partial charge in [0.05, 0.1) is 12.7 Å². The predicted octanol–water partition coefficient (Wildman–Crippen LogP) is 2.20. The summed E-state index contributed by atoms with van der Waals surface area (Å²) in [6, 6.07) is 7.97. The average molecular weight is 258 g/mol. The van der Waals surface area contributed by atoms with Crippen LogP contribution in [0.15, 0.2) is 30.5 Å². The molecule has 2 aromatic rings. The Morgan fingerprint density at radius 3 is 2.84 bits per heavy atom. The van der Waals surface area contributed by atoms with E-state index in [1.165, 1.54) is 0 Å². The molecule has 19 heavy (non-hydrogen) atoms. The first-order valence-electron chi connectivity index (χ1n) is 6.55. The maximum atomic E-state index is 10.1. The molecular weight excluding hydrogens is 240 g/mol. The topological polar surface area (TPSA) is 45.6 Å². The Kier molecular flexibility index (Phi) is 2.82. The van der Waals surface area contributed by atoms with Gasteiger partial charge in [-0.1, -0.05) is 13.0 Å². The average Bonchev–Trinajstić information content (AvgIpc) is 2.42. The minimum atomic E-state index is -0.553. The number of anilines is 1. The van der Waals surface area contributed by atoms with Gasteiger partial charge in [0.25, 0.3) is 0 Å². The highest BCUT2D eigenvalue weighted by Crippen LogP contribution is 2.34. The van der Waals surface area contributed by atoms with Crippen LogP contribution in [0.3, 0.4) is 0 Å². The molecule has 0 bridgehead atoms. The van der Waals surface area contributed by atoms with E-state index in [4.69, 9.17) is 4.74 Å². The third-order valence-corrected chi connectivity index (χ3v) is 3.88. The van der Waals surface area contributed by atoms with Gasteiger partial charge in [-0.15, -0.1) is 0 Å². The summed E-state index contributed by atoms with van der Waals surface area (Å²) in [5.74, 6) is 1.75. The molecule has 0 spiro atoms. The maximum absolute atomic E-state index is 10.1. The highest BCUT2D eigenvalue weighted by Gasteiger charge is 2.40. The molecule has 0 amide bonds. The molecule has 1 fully saturated rings. The van der Waals surface area contributed by atoms with E-state index in [-0.39, 0.29) is 0 Å². The lowest BCUT2D eigenvalue weighted by Gasteiger charge is -2.47. The third-order valence-electron chi connectivity index (χ3n) is 3.88. The molecule has 1 aliphatic rings. The van der Waals surface area contributed by atoms with E-state index >= 15 is 0 Å². The Balaban J connectivity index is 2.00. The molecule has 4 heteroatoms. The number of aliphatic hydroxyl groups is 1. The smallest absolute Gasteiger partial charge is 0.136 e. The van der Waals surface area contributed by atoms with Gasteiger partial charge in [0.1, 0.15) is 11.6 Å². The molecule has 0 aliphatic carbocycles. The molecule has 0 radical (unpaired) electrons. The third kappa shape index (κ3) is 2.02. The van der Waals surface area contributed by atoms with E-state index in [2.05, 4.69) is 9.88 Å². The van der Waals surface area contributed by atoms with Crippen molar-refractivity contribution in [2.75, 3.05) is 25.1 Å². The van der Waals surface area contributed by atoms with E-state index in [1.807, 2.05) is 37.4 Å². The van der Waals surface area contributed by atoms with Crippen LogP contribution in [0.5, 0.6) is 5.75 Å². The number of rotatable bonds is 3. The fraction of sp³-hybridized carbons (Fsp3) is 0.400. The van der Waals surface area contributed by atoms with Crippen LogP contribution in [-0.4, -0.2) is 35.9 Å². The molecule has 100 valence electrons. The fourth-order valence-corrected chi connectivity index (χ4v) is 2.55. The van der Waals surface area contributed by atoms with Crippen molar-refractivity contribution < 1.29 is 9.84 Å². The number of ether oxygens (including phenoxy) is 1. The number of β-amino-alcohol motifs (C(OH)–C–C–N with tert-alkyl or cyclic N) is 1. The molecule has 3 rings (SSSR count). The summed E-state index contributed by atoms with van der Waals surface area (Å²) in [5, 5.41) is 12.3. The molecule has 1 aliphatic heterocycles. The molecule has 1 N–H and O–H groups in total. The van der Waals surface area contributed by atoms with Gasteiger partial charge < -0.3 is 14.7 Å². The van der Waals surface area contributed by atoms with E-state index < -0.39 is 5.60 Å². The first-order valence-corrected chi connectivity index (χ1v) is 6.55. The number of aromatic nitrogens is 1. The first kappa shape index (κ1) is 12.2. The molecule has 4 nitrogen and oxygen atoms in total. The van der Waals surface area contributed by atoms with E-state index in [1.54, 1.807) is 7.11 Å². The first-order chi connectivity index (χ1) is 9.15. The van der Waals surface area contributed by atoms with Gasteiger partial charge in [-0.2, -0.15) is 0 Å². The summed E-state index contributed by atoms with van der Waals surface area (Å²) >= 11 is 0. The van der Waals surface area contributed by atoms with Crippen LogP contribution in [-0.2, 0) is 0 Å².